The summed E-state index contributed by atoms with van der Waals surface area (Å²) in [6.07, 6.45) is 4.26. The number of anilines is 1. The van der Waals surface area contributed by atoms with E-state index in [0.717, 1.165) is 19.3 Å². The Labute approximate surface area is 168 Å². The minimum atomic E-state index is -3.50. The number of rotatable bonds is 5. The second-order valence-electron chi connectivity index (χ2n) is 7.12. The SMILES string of the molecule is O=C(Cc1coc2ccc(F)cc12)Nc1ccc(S(=O)(=O)N2CCCCC2)cc1. The van der Waals surface area contributed by atoms with E-state index in [1.807, 2.05) is 0 Å². The van der Waals surface area contributed by atoms with Gasteiger partial charge in [-0.2, -0.15) is 4.31 Å². The van der Waals surface area contributed by atoms with Gasteiger partial charge in [-0.05, 0) is 55.3 Å². The van der Waals surface area contributed by atoms with Crippen molar-refractivity contribution in [3.05, 3.63) is 60.1 Å². The summed E-state index contributed by atoms with van der Waals surface area (Å²) >= 11 is 0. The van der Waals surface area contributed by atoms with Crippen LogP contribution in [0.25, 0.3) is 11.0 Å². The number of halogens is 1. The summed E-state index contributed by atoms with van der Waals surface area (Å²) in [4.78, 5) is 12.6. The maximum atomic E-state index is 13.5. The Morgan fingerprint density at radius 3 is 2.52 bits per heavy atom. The number of hydrogen-bond acceptors (Lipinski definition) is 4. The first-order chi connectivity index (χ1) is 13.9. The summed E-state index contributed by atoms with van der Waals surface area (Å²) in [6.45, 7) is 1.08. The Morgan fingerprint density at radius 1 is 1.07 bits per heavy atom. The van der Waals surface area contributed by atoms with Crippen LogP contribution < -0.4 is 5.32 Å². The van der Waals surface area contributed by atoms with Gasteiger partial charge in [0.25, 0.3) is 0 Å². The third-order valence-electron chi connectivity index (χ3n) is 5.06. The van der Waals surface area contributed by atoms with Crippen LogP contribution in [0.4, 0.5) is 10.1 Å². The third kappa shape index (κ3) is 4.18. The molecule has 29 heavy (non-hydrogen) atoms. The Bertz CT molecular complexity index is 1130. The number of fused-ring (bicyclic) bond motifs is 1. The molecule has 2 heterocycles. The number of nitrogens with one attached hydrogen (secondary N) is 1. The minimum absolute atomic E-state index is 0.0181. The monoisotopic (exact) mass is 416 g/mol. The first-order valence-corrected chi connectivity index (χ1v) is 10.9. The van der Waals surface area contributed by atoms with E-state index in [9.17, 15) is 17.6 Å². The molecular weight excluding hydrogens is 395 g/mol. The molecule has 1 saturated heterocycles. The third-order valence-corrected chi connectivity index (χ3v) is 6.97. The molecule has 2 aromatic carbocycles. The number of carbonyl (C=O) groups is 1. The summed E-state index contributed by atoms with van der Waals surface area (Å²) < 4.78 is 45.7. The number of sulfonamides is 1. The number of piperidine rings is 1. The normalized spacial score (nSPS) is 15.5. The molecule has 0 bridgehead atoms. The van der Waals surface area contributed by atoms with Gasteiger partial charge >= 0.3 is 0 Å². The van der Waals surface area contributed by atoms with Crippen molar-refractivity contribution in [2.45, 2.75) is 30.6 Å². The van der Waals surface area contributed by atoms with E-state index < -0.39 is 15.8 Å². The zero-order valence-corrected chi connectivity index (χ0v) is 16.5. The molecule has 3 aromatic rings. The topological polar surface area (TPSA) is 79.6 Å². The van der Waals surface area contributed by atoms with Crippen molar-refractivity contribution in [1.29, 1.82) is 0 Å². The Morgan fingerprint density at radius 2 is 1.79 bits per heavy atom. The first-order valence-electron chi connectivity index (χ1n) is 9.49. The standard InChI is InChI=1S/C21H21FN2O4S/c22-16-4-9-20-19(13-16)15(14-28-20)12-21(25)23-17-5-7-18(8-6-17)29(26,27)24-10-2-1-3-11-24/h4-9,13-14H,1-3,10-12H2,(H,23,25). The number of nitrogens with zero attached hydrogens (tertiary/aromatic N) is 1. The molecule has 6 nitrogen and oxygen atoms in total. The lowest BCUT2D eigenvalue weighted by molar-refractivity contribution is -0.115. The Balaban J connectivity index is 1.44. The van der Waals surface area contributed by atoms with E-state index in [1.165, 1.54) is 40.9 Å². The molecule has 1 fully saturated rings. The molecule has 152 valence electrons. The van der Waals surface area contributed by atoms with Crippen molar-refractivity contribution < 1.29 is 22.0 Å². The lowest BCUT2D eigenvalue weighted by Crippen LogP contribution is -2.35. The van der Waals surface area contributed by atoms with Crippen molar-refractivity contribution in [2.75, 3.05) is 18.4 Å². The van der Waals surface area contributed by atoms with Crippen LogP contribution in [0.3, 0.4) is 0 Å². The summed E-state index contributed by atoms with van der Waals surface area (Å²) in [5.41, 5.74) is 1.59. The van der Waals surface area contributed by atoms with Crippen LogP contribution in [0.15, 0.2) is 58.0 Å². The van der Waals surface area contributed by atoms with Crippen LogP contribution in [0, 0.1) is 5.82 Å². The molecule has 0 saturated carbocycles. The van der Waals surface area contributed by atoms with E-state index in [-0.39, 0.29) is 17.2 Å². The van der Waals surface area contributed by atoms with E-state index in [1.54, 1.807) is 12.1 Å². The summed E-state index contributed by atoms with van der Waals surface area (Å²) in [5.74, 6) is -0.699. The molecule has 0 radical (unpaired) electrons. The molecule has 0 aliphatic carbocycles. The molecule has 1 aliphatic rings. The van der Waals surface area contributed by atoms with Gasteiger partial charge in [0.1, 0.15) is 11.4 Å². The molecular formula is C21H21FN2O4S. The molecule has 1 amide bonds. The highest BCUT2D eigenvalue weighted by atomic mass is 32.2. The summed E-state index contributed by atoms with van der Waals surface area (Å²) in [5, 5.41) is 3.29. The van der Waals surface area contributed by atoms with E-state index in [4.69, 9.17) is 4.42 Å². The highest BCUT2D eigenvalue weighted by Gasteiger charge is 2.25. The fourth-order valence-corrected chi connectivity index (χ4v) is 5.05. The lowest BCUT2D eigenvalue weighted by Gasteiger charge is -2.25. The van der Waals surface area contributed by atoms with Crippen LogP contribution >= 0.6 is 0 Å². The van der Waals surface area contributed by atoms with Crippen LogP contribution in [0.5, 0.6) is 0 Å². The fourth-order valence-electron chi connectivity index (χ4n) is 3.53. The quantitative estimate of drug-likeness (QED) is 0.684. The zero-order chi connectivity index (χ0) is 20.4. The van der Waals surface area contributed by atoms with Gasteiger partial charge in [0.2, 0.25) is 15.9 Å². The van der Waals surface area contributed by atoms with Crippen molar-refractivity contribution in [1.82, 2.24) is 4.31 Å². The Kier molecular flexibility index (Phi) is 5.38. The number of carbonyl (C=O) groups excluding carboxylic acids is 1. The highest BCUT2D eigenvalue weighted by Crippen LogP contribution is 2.24. The number of amides is 1. The van der Waals surface area contributed by atoms with E-state index in [0.29, 0.717) is 35.3 Å². The largest absolute Gasteiger partial charge is 0.464 e. The molecule has 4 rings (SSSR count). The number of benzene rings is 2. The van der Waals surface area contributed by atoms with Crippen LogP contribution in [-0.2, 0) is 21.2 Å². The lowest BCUT2D eigenvalue weighted by atomic mass is 10.1. The van der Waals surface area contributed by atoms with Gasteiger partial charge in [0, 0.05) is 29.7 Å². The van der Waals surface area contributed by atoms with Gasteiger partial charge in [-0.15, -0.1) is 0 Å². The van der Waals surface area contributed by atoms with Crippen LogP contribution in [0.1, 0.15) is 24.8 Å². The summed E-state index contributed by atoms with van der Waals surface area (Å²) in [6, 6.07) is 10.3. The number of hydrogen-bond donors (Lipinski definition) is 1. The molecule has 1 aliphatic heterocycles. The smallest absolute Gasteiger partial charge is 0.243 e. The van der Waals surface area contributed by atoms with E-state index >= 15 is 0 Å². The van der Waals surface area contributed by atoms with Crippen molar-refractivity contribution >= 4 is 32.6 Å². The van der Waals surface area contributed by atoms with Gasteiger partial charge in [0.15, 0.2) is 0 Å². The first kappa shape index (κ1) is 19.6. The van der Waals surface area contributed by atoms with Crippen molar-refractivity contribution in [3.8, 4) is 0 Å². The van der Waals surface area contributed by atoms with E-state index in [2.05, 4.69) is 5.32 Å². The number of furan rings is 1. The van der Waals surface area contributed by atoms with Crippen LogP contribution in [0.2, 0.25) is 0 Å². The average molecular weight is 416 g/mol. The second kappa shape index (κ2) is 7.96. The van der Waals surface area contributed by atoms with Crippen molar-refractivity contribution in [2.24, 2.45) is 0 Å². The second-order valence-corrected chi connectivity index (χ2v) is 9.05. The van der Waals surface area contributed by atoms with Gasteiger partial charge in [-0.3, -0.25) is 4.79 Å². The van der Waals surface area contributed by atoms with Crippen molar-refractivity contribution in [3.63, 3.8) is 0 Å². The fraction of sp³-hybridized carbons (Fsp3) is 0.286. The molecule has 1 N–H and O–H groups in total. The van der Waals surface area contributed by atoms with Gasteiger partial charge in [0.05, 0.1) is 17.6 Å². The molecule has 1 aromatic heterocycles. The minimum Gasteiger partial charge on any atom is -0.464 e. The van der Waals surface area contributed by atoms with Gasteiger partial charge < -0.3 is 9.73 Å². The molecule has 8 heteroatoms. The predicted molar refractivity (Wildman–Crippen MR) is 108 cm³/mol. The maximum Gasteiger partial charge on any atom is 0.243 e. The average Bonchev–Trinajstić information content (AvgIpc) is 3.11. The molecule has 0 atom stereocenters. The highest BCUT2D eigenvalue weighted by molar-refractivity contribution is 7.89. The Hall–Kier alpha value is -2.71. The van der Waals surface area contributed by atoms with Gasteiger partial charge in [-0.25, -0.2) is 12.8 Å². The summed E-state index contributed by atoms with van der Waals surface area (Å²) in [7, 11) is -3.50. The zero-order valence-electron chi connectivity index (χ0n) is 15.7. The predicted octanol–water partition coefficient (Wildman–Crippen LogP) is 3.93. The molecule has 0 spiro atoms. The maximum absolute atomic E-state index is 13.5. The molecule has 0 unspecified atom stereocenters. The van der Waals surface area contributed by atoms with Gasteiger partial charge in [-0.1, -0.05) is 6.42 Å². The van der Waals surface area contributed by atoms with Crippen LogP contribution in [-0.4, -0.2) is 31.7 Å².